The second-order valence-corrected chi connectivity index (χ2v) is 12.4. The summed E-state index contributed by atoms with van der Waals surface area (Å²) in [7, 11) is 0. The Morgan fingerprint density at radius 2 is 0.977 bits per heavy atom. The second-order valence-electron chi connectivity index (χ2n) is 11.3. The van der Waals surface area contributed by atoms with Crippen LogP contribution in [-0.4, -0.2) is 9.13 Å². The molecule has 43 heavy (non-hydrogen) atoms. The van der Waals surface area contributed by atoms with E-state index >= 15 is 0 Å². The number of benzene rings is 7. The Balaban J connectivity index is 1.39. The first-order valence-corrected chi connectivity index (χ1v) is 15.5. The third-order valence-corrected chi connectivity index (χ3v) is 10.3. The molecular weight excluding hydrogens is 541 g/mol. The molecule has 0 fully saturated rings. The maximum Gasteiger partial charge on any atom is 0.0634 e. The van der Waals surface area contributed by atoms with Gasteiger partial charge in [0.1, 0.15) is 0 Å². The maximum atomic E-state index is 2.50. The molecule has 0 radical (unpaired) electrons. The quantitative estimate of drug-likeness (QED) is 0.198. The highest BCUT2D eigenvalue weighted by Gasteiger charge is 2.22. The van der Waals surface area contributed by atoms with Crippen LogP contribution in [-0.2, 0) is 0 Å². The van der Waals surface area contributed by atoms with Crippen LogP contribution in [0.5, 0.6) is 0 Å². The van der Waals surface area contributed by atoms with Crippen LogP contribution in [0.25, 0.3) is 85.9 Å². The number of para-hydroxylation sites is 3. The highest BCUT2D eigenvalue weighted by Crippen LogP contribution is 2.48. The lowest BCUT2D eigenvalue weighted by molar-refractivity contribution is 1.17. The van der Waals surface area contributed by atoms with E-state index in [9.17, 15) is 0 Å². The molecule has 0 saturated heterocycles. The van der Waals surface area contributed by atoms with Crippen molar-refractivity contribution < 1.29 is 0 Å². The van der Waals surface area contributed by atoms with E-state index in [1.165, 1.54) is 85.9 Å². The third kappa shape index (κ3) is 3.07. The van der Waals surface area contributed by atoms with Crippen molar-refractivity contribution in [3.05, 3.63) is 146 Å². The number of hydrogen-bond acceptors (Lipinski definition) is 1. The largest absolute Gasteiger partial charge is 0.309 e. The van der Waals surface area contributed by atoms with Crippen molar-refractivity contribution in [3.63, 3.8) is 0 Å². The van der Waals surface area contributed by atoms with E-state index in [2.05, 4.69) is 155 Å². The number of aromatic nitrogens is 2. The molecule has 0 saturated carbocycles. The summed E-state index contributed by atoms with van der Waals surface area (Å²) in [6.07, 6.45) is 0. The number of fused-ring (bicyclic) bond motifs is 13. The van der Waals surface area contributed by atoms with Crippen molar-refractivity contribution in [2.75, 3.05) is 0 Å². The van der Waals surface area contributed by atoms with Gasteiger partial charge in [-0.2, -0.15) is 0 Å². The average Bonchev–Trinajstić information content (AvgIpc) is 3.73. The summed E-state index contributed by atoms with van der Waals surface area (Å²) in [5.41, 5.74) is 7.31. The van der Waals surface area contributed by atoms with E-state index in [0.717, 1.165) is 0 Å². The number of nitrogens with zero attached hydrogens (tertiary/aromatic N) is 2. The monoisotopic (exact) mass is 564 g/mol. The minimum Gasteiger partial charge on any atom is -0.309 e. The van der Waals surface area contributed by atoms with E-state index in [-0.39, 0.29) is 0 Å². The molecule has 0 amide bonds. The van der Waals surface area contributed by atoms with Crippen molar-refractivity contribution in [3.8, 4) is 11.4 Å². The van der Waals surface area contributed by atoms with Crippen LogP contribution < -0.4 is 0 Å². The normalized spacial score (nSPS) is 12.2. The Kier molecular flexibility index (Phi) is 4.63. The highest BCUT2D eigenvalue weighted by molar-refractivity contribution is 7.27. The van der Waals surface area contributed by atoms with Gasteiger partial charge in [0.05, 0.1) is 22.1 Å². The number of thiophene rings is 1. The third-order valence-electron chi connectivity index (χ3n) is 9.08. The standard InChI is InChI=1S/C40H24N2S/c1-2-12-25(13-3-1)41-33-19-9-6-14-27(33)32-24-26(22-23-35(32)41)42-34-20-10-7-17-30(34)38-39(42)29-16-5-4-15-28(29)37-31-18-8-11-21-36(31)43-40(37)38/h1-24H. The Morgan fingerprint density at radius 3 is 1.79 bits per heavy atom. The number of hydrogen-bond donors (Lipinski definition) is 0. The molecule has 0 spiro atoms. The van der Waals surface area contributed by atoms with Crippen molar-refractivity contribution in [1.82, 2.24) is 9.13 Å². The van der Waals surface area contributed by atoms with Gasteiger partial charge in [0.25, 0.3) is 0 Å². The minimum atomic E-state index is 1.18. The van der Waals surface area contributed by atoms with E-state index in [0.29, 0.717) is 0 Å². The fraction of sp³-hybridized carbons (Fsp3) is 0. The van der Waals surface area contributed by atoms with E-state index in [4.69, 9.17) is 0 Å². The lowest BCUT2D eigenvalue weighted by atomic mass is 10.00. The fourth-order valence-corrected chi connectivity index (χ4v) is 8.62. The lowest BCUT2D eigenvalue weighted by Gasteiger charge is -2.12. The molecule has 0 atom stereocenters. The summed E-state index contributed by atoms with van der Waals surface area (Å²) >= 11 is 1.92. The summed E-state index contributed by atoms with van der Waals surface area (Å²) in [6.45, 7) is 0. The van der Waals surface area contributed by atoms with Crippen molar-refractivity contribution in [1.29, 1.82) is 0 Å². The van der Waals surface area contributed by atoms with Crippen molar-refractivity contribution in [2.45, 2.75) is 0 Å². The molecule has 0 aliphatic heterocycles. The SMILES string of the molecule is c1ccc(-n2c3ccccc3c3cc(-n4c5ccccc5c5c6sc7ccccc7c6c6ccccc6c54)ccc32)cc1. The van der Waals surface area contributed by atoms with E-state index < -0.39 is 0 Å². The summed E-state index contributed by atoms with van der Waals surface area (Å²) in [4.78, 5) is 0. The van der Waals surface area contributed by atoms with Gasteiger partial charge in [-0.1, -0.05) is 97.1 Å². The predicted molar refractivity (Wildman–Crippen MR) is 186 cm³/mol. The Hall–Kier alpha value is -5.38. The Labute approximate surface area is 251 Å². The Morgan fingerprint density at radius 1 is 0.372 bits per heavy atom. The molecule has 3 heteroatoms. The zero-order valence-corrected chi connectivity index (χ0v) is 24.0. The zero-order chi connectivity index (χ0) is 28.1. The highest BCUT2D eigenvalue weighted by atomic mass is 32.1. The van der Waals surface area contributed by atoms with Gasteiger partial charge in [0.15, 0.2) is 0 Å². The average molecular weight is 565 g/mol. The first-order chi connectivity index (χ1) is 21.4. The molecule has 0 aliphatic rings. The van der Waals surface area contributed by atoms with Crippen LogP contribution in [0.4, 0.5) is 0 Å². The van der Waals surface area contributed by atoms with Gasteiger partial charge in [0, 0.05) is 58.5 Å². The molecule has 7 aromatic carbocycles. The molecule has 0 aliphatic carbocycles. The molecule has 3 heterocycles. The maximum absolute atomic E-state index is 2.50. The van der Waals surface area contributed by atoms with Gasteiger partial charge < -0.3 is 9.13 Å². The van der Waals surface area contributed by atoms with Gasteiger partial charge in [-0.3, -0.25) is 0 Å². The van der Waals surface area contributed by atoms with E-state index in [1.54, 1.807) is 0 Å². The molecule has 0 bridgehead atoms. The summed E-state index contributed by atoms with van der Waals surface area (Å²) in [5, 5.41) is 10.5. The molecule has 10 aromatic rings. The van der Waals surface area contributed by atoms with Crippen LogP contribution in [0.2, 0.25) is 0 Å². The van der Waals surface area contributed by atoms with Gasteiger partial charge in [-0.25, -0.2) is 0 Å². The van der Waals surface area contributed by atoms with E-state index in [1.807, 2.05) is 11.3 Å². The lowest BCUT2D eigenvalue weighted by Crippen LogP contribution is -1.96. The van der Waals surface area contributed by atoms with Crippen LogP contribution in [0, 0.1) is 0 Å². The molecule has 3 aromatic heterocycles. The molecule has 10 rings (SSSR count). The molecule has 0 N–H and O–H groups in total. The minimum absolute atomic E-state index is 1.18. The summed E-state index contributed by atoms with van der Waals surface area (Å²) in [6, 6.07) is 53.2. The second kappa shape index (κ2) is 8.57. The molecule has 200 valence electrons. The molecule has 2 nitrogen and oxygen atoms in total. The molecule has 0 unspecified atom stereocenters. The van der Waals surface area contributed by atoms with Crippen LogP contribution in [0.15, 0.2) is 146 Å². The molecular formula is C40H24N2S. The summed E-state index contributed by atoms with van der Waals surface area (Å²) in [5.74, 6) is 0. The van der Waals surface area contributed by atoms with Crippen LogP contribution in [0.3, 0.4) is 0 Å². The smallest absolute Gasteiger partial charge is 0.0634 e. The van der Waals surface area contributed by atoms with Crippen LogP contribution in [0.1, 0.15) is 0 Å². The van der Waals surface area contributed by atoms with Crippen molar-refractivity contribution >= 4 is 85.9 Å². The zero-order valence-electron chi connectivity index (χ0n) is 23.2. The van der Waals surface area contributed by atoms with Gasteiger partial charge in [-0.05, 0) is 53.9 Å². The first-order valence-electron chi connectivity index (χ1n) is 14.7. The number of rotatable bonds is 2. The van der Waals surface area contributed by atoms with Gasteiger partial charge in [0.2, 0.25) is 0 Å². The Bertz CT molecular complexity index is 2720. The van der Waals surface area contributed by atoms with Gasteiger partial charge >= 0.3 is 0 Å². The van der Waals surface area contributed by atoms with Gasteiger partial charge in [-0.15, -0.1) is 11.3 Å². The van der Waals surface area contributed by atoms with Crippen LogP contribution >= 0.6 is 11.3 Å². The topological polar surface area (TPSA) is 9.86 Å². The first kappa shape index (κ1) is 23.2. The predicted octanol–water partition coefficient (Wildman–Crippen LogP) is 11.4. The van der Waals surface area contributed by atoms with Crippen molar-refractivity contribution in [2.24, 2.45) is 0 Å². The summed E-state index contributed by atoms with van der Waals surface area (Å²) < 4.78 is 7.59. The fourth-order valence-electron chi connectivity index (χ4n) is 7.34.